The lowest BCUT2D eigenvalue weighted by Crippen LogP contribution is -2.54. The number of benzene rings is 2. The maximum Gasteiger partial charge on any atom is 0.450 e. The van der Waals surface area contributed by atoms with Gasteiger partial charge in [0.05, 0.1) is 17.7 Å². The Bertz CT molecular complexity index is 1250. The number of alkyl halides is 3. The molecule has 3 rings (SSSR count). The van der Waals surface area contributed by atoms with Crippen molar-refractivity contribution in [2.45, 2.75) is 51.2 Å². The molecule has 1 amide bonds. The number of ketones is 1. The molecule has 0 radical (unpaired) electrons. The number of carbonyl (C=O) groups is 2. The van der Waals surface area contributed by atoms with Crippen LogP contribution >= 0.6 is 0 Å². The molecule has 2 aromatic carbocycles. The molecule has 1 aromatic heterocycles. The number of aromatic nitrogens is 1. The number of pyridine rings is 1. The van der Waals surface area contributed by atoms with E-state index in [4.69, 9.17) is 10.5 Å². The van der Waals surface area contributed by atoms with Crippen molar-refractivity contribution in [1.82, 2.24) is 15.4 Å². The Balaban J connectivity index is 1.89. The number of hydrogen-bond acceptors (Lipinski definition) is 7. The molecule has 0 spiro atoms. The molecule has 4 N–H and O–H groups in total. The highest BCUT2D eigenvalue weighted by molar-refractivity contribution is 5.87. The number of nitrogens with two attached hydrogens (primary N) is 1. The zero-order valence-electron chi connectivity index (χ0n) is 22.4. The van der Waals surface area contributed by atoms with E-state index in [0.717, 1.165) is 16.3 Å². The molecule has 1 heterocycles. The number of Topliss-reactive ketones (excluding diaryl/α,β-unsaturated/α-hetero) is 1. The summed E-state index contributed by atoms with van der Waals surface area (Å²) < 4.78 is 45.8. The number of carbonyl (C=O) groups excluding carboxylic acids is 2. The van der Waals surface area contributed by atoms with Crippen LogP contribution in [0.2, 0.25) is 0 Å². The van der Waals surface area contributed by atoms with Gasteiger partial charge < -0.3 is 15.6 Å². The Hall–Kier alpha value is -3.80. The minimum atomic E-state index is -5.17. The van der Waals surface area contributed by atoms with Gasteiger partial charge in [-0.05, 0) is 50.5 Å². The smallest absolute Gasteiger partial charge is 0.443 e. The molecule has 0 aliphatic rings. The van der Waals surface area contributed by atoms with Gasteiger partial charge in [-0.15, -0.1) is 0 Å². The number of amides is 1. The van der Waals surface area contributed by atoms with Crippen LogP contribution in [0, 0.1) is 5.92 Å². The fourth-order valence-corrected chi connectivity index (χ4v) is 4.02. The molecule has 214 valence electrons. The molecule has 0 bridgehead atoms. The maximum absolute atomic E-state index is 13.5. The molecule has 40 heavy (non-hydrogen) atoms. The van der Waals surface area contributed by atoms with Crippen molar-refractivity contribution >= 4 is 11.9 Å². The maximum atomic E-state index is 13.5. The van der Waals surface area contributed by atoms with Crippen molar-refractivity contribution in [2.75, 3.05) is 6.54 Å². The van der Waals surface area contributed by atoms with E-state index in [9.17, 15) is 27.9 Å². The second-order valence-corrected chi connectivity index (χ2v) is 10.3. The highest BCUT2D eigenvalue weighted by Gasteiger charge is 2.46. The molecule has 1 unspecified atom stereocenters. The summed E-state index contributed by atoms with van der Waals surface area (Å²) in [5, 5.41) is 12.1. The van der Waals surface area contributed by atoms with Gasteiger partial charge >= 0.3 is 12.3 Å². The van der Waals surface area contributed by atoms with Crippen molar-refractivity contribution in [2.24, 2.45) is 11.7 Å². The van der Waals surface area contributed by atoms with E-state index in [1.165, 1.54) is 0 Å². The van der Waals surface area contributed by atoms with Crippen LogP contribution in [-0.2, 0) is 16.0 Å². The van der Waals surface area contributed by atoms with E-state index in [0.29, 0.717) is 11.1 Å². The van der Waals surface area contributed by atoms with Gasteiger partial charge in [-0.1, -0.05) is 60.7 Å². The fraction of sp³-hybridized carbons (Fsp3) is 0.345. The van der Waals surface area contributed by atoms with Crippen molar-refractivity contribution < 1.29 is 32.6 Å². The van der Waals surface area contributed by atoms with Crippen LogP contribution in [0.4, 0.5) is 18.0 Å². The zero-order valence-corrected chi connectivity index (χ0v) is 22.4. The van der Waals surface area contributed by atoms with Crippen LogP contribution in [0.1, 0.15) is 38.1 Å². The first kappa shape index (κ1) is 30.7. The van der Waals surface area contributed by atoms with Crippen LogP contribution in [0.3, 0.4) is 0 Å². The first-order valence-electron chi connectivity index (χ1n) is 12.6. The Labute approximate surface area is 230 Å². The van der Waals surface area contributed by atoms with Gasteiger partial charge in [0.15, 0.2) is 0 Å². The highest BCUT2D eigenvalue weighted by atomic mass is 19.4. The molecule has 0 saturated heterocycles. The van der Waals surface area contributed by atoms with E-state index < -0.39 is 48.4 Å². The molecule has 0 saturated carbocycles. The molecule has 3 atom stereocenters. The fourth-order valence-electron chi connectivity index (χ4n) is 4.02. The minimum Gasteiger partial charge on any atom is -0.443 e. The van der Waals surface area contributed by atoms with Gasteiger partial charge in [0.1, 0.15) is 11.8 Å². The number of nitrogens with one attached hydrogen (secondary N) is 1. The number of hydrazine groups is 1. The topological polar surface area (TPSA) is 118 Å². The molecular weight excluding hydrogens is 525 g/mol. The average molecular weight is 559 g/mol. The third-order valence-corrected chi connectivity index (χ3v) is 5.95. The SMILES string of the molecule is CC(C)(C)OC(=O)NN(C[C@@H](O)[C@H](Cc1ccccc1)C(=O)C(F)(F)F)C(N)c1ccc(-c2ccccn2)cc1. The van der Waals surface area contributed by atoms with E-state index in [2.05, 4.69) is 10.4 Å². The summed E-state index contributed by atoms with van der Waals surface area (Å²) in [4.78, 5) is 29.3. The summed E-state index contributed by atoms with van der Waals surface area (Å²) in [6.45, 7) is 4.32. The minimum absolute atomic E-state index is 0.366. The lowest BCUT2D eigenvalue weighted by Gasteiger charge is -2.34. The standard InChI is InChI=1S/C29H33F3N4O4/c1-28(2,3)40-27(39)35-36(26(33)21-14-12-20(13-15-21)23-11-7-8-16-34-23)18-24(37)22(25(38)29(30,31)32)17-19-9-5-4-6-10-19/h4-16,22,24,26,37H,17-18,33H2,1-3H3,(H,35,39)/t22-,24+,26?/m0/s1. The summed E-state index contributed by atoms with van der Waals surface area (Å²) in [5.74, 6) is -3.92. The predicted molar refractivity (Wildman–Crippen MR) is 143 cm³/mol. The monoisotopic (exact) mass is 558 g/mol. The van der Waals surface area contributed by atoms with Crippen LogP contribution in [0.15, 0.2) is 79.0 Å². The molecule has 0 aliphatic carbocycles. The quantitative estimate of drug-likeness (QED) is 0.242. The third-order valence-electron chi connectivity index (χ3n) is 5.95. The zero-order chi connectivity index (χ0) is 29.5. The Morgan fingerprint density at radius 1 is 1.00 bits per heavy atom. The van der Waals surface area contributed by atoms with Crippen molar-refractivity contribution in [1.29, 1.82) is 0 Å². The molecule has 0 fully saturated rings. The van der Waals surface area contributed by atoms with E-state index in [-0.39, 0.29) is 6.42 Å². The molecule has 3 aromatic rings. The van der Waals surface area contributed by atoms with Crippen LogP contribution < -0.4 is 11.2 Å². The number of aliphatic hydroxyl groups excluding tert-OH is 1. The van der Waals surface area contributed by atoms with Gasteiger partial charge in [0.25, 0.3) is 0 Å². The predicted octanol–water partition coefficient (Wildman–Crippen LogP) is 4.80. The lowest BCUT2D eigenvalue weighted by molar-refractivity contribution is -0.179. The van der Waals surface area contributed by atoms with Crippen molar-refractivity contribution in [3.05, 3.63) is 90.1 Å². The van der Waals surface area contributed by atoms with E-state index in [1.54, 1.807) is 87.6 Å². The third kappa shape index (κ3) is 8.87. The number of aliphatic hydroxyl groups is 1. The van der Waals surface area contributed by atoms with E-state index >= 15 is 0 Å². The summed E-state index contributed by atoms with van der Waals surface area (Å²) in [7, 11) is 0. The van der Waals surface area contributed by atoms with Gasteiger partial charge in [0.2, 0.25) is 5.78 Å². The van der Waals surface area contributed by atoms with Gasteiger partial charge in [-0.25, -0.2) is 4.79 Å². The number of rotatable bonds is 10. The number of hydrogen-bond donors (Lipinski definition) is 3. The Morgan fingerprint density at radius 2 is 1.62 bits per heavy atom. The van der Waals surface area contributed by atoms with Crippen molar-refractivity contribution in [3.8, 4) is 11.3 Å². The summed E-state index contributed by atoms with van der Waals surface area (Å²) in [6, 6.07) is 20.4. The number of ether oxygens (including phenoxy) is 1. The van der Waals surface area contributed by atoms with Gasteiger partial charge in [-0.2, -0.15) is 18.2 Å². The first-order chi connectivity index (χ1) is 18.7. The largest absolute Gasteiger partial charge is 0.450 e. The number of halogens is 3. The number of nitrogens with zero attached hydrogens (tertiary/aromatic N) is 2. The average Bonchev–Trinajstić information content (AvgIpc) is 2.90. The lowest BCUT2D eigenvalue weighted by atomic mass is 9.89. The van der Waals surface area contributed by atoms with E-state index in [1.807, 2.05) is 12.1 Å². The van der Waals surface area contributed by atoms with Crippen LogP contribution in [-0.4, -0.2) is 51.4 Å². The van der Waals surface area contributed by atoms with Gasteiger partial charge in [-0.3, -0.25) is 15.2 Å². The highest BCUT2D eigenvalue weighted by Crippen LogP contribution is 2.27. The molecule has 8 nitrogen and oxygen atoms in total. The summed E-state index contributed by atoms with van der Waals surface area (Å²) in [5.41, 5.74) is 10.4. The second-order valence-electron chi connectivity index (χ2n) is 10.3. The molecular formula is C29H33F3N4O4. The van der Waals surface area contributed by atoms with Gasteiger partial charge in [0, 0.05) is 18.3 Å². The van der Waals surface area contributed by atoms with Crippen LogP contribution in [0.5, 0.6) is 0 Å². The summed E-state index contributed by atoms with van der Waals surface area (Å²) >= 11 is 0. The molecule has 11 heteroatoms. The molecule has 0 aliphatic heterocycles. The summed E-state index contributed by atoms with van der Waals surface area (Å²) in [6.07, 6.45) is -7.78. The Morgan fingerprint density at radius 3 is 2.17 bits per heavy atom. The second kappa shape index (κ2) is 13.0. The van der Waals surface area contributed by atoms with Crippen LogP contribution in [0.25, 0.3) is 11.3 Å². The Kier molecular flexibility index (Phi) is 10.0. The van der Waals surface area contributed by atoms with Crippen molar-refractivity contribution in [3.63, 3.8) is 0 Å². The normalized spacial score (nSPS) is 14.3. The first-order valence-corrected chi connectivity index (χ1v) is 12.6.